The molecular formula is H2ClNaO6S. The van der Waals surface area contributed by atoms with Gasteiger partial charge in [0.05, 0.1) is 10.8 Å². The van der Waals surface area contributed by atoms with E-state index in [1.807, 2.05) is 0 Å². The average molecular weight is 189 g/mol. The largest absolute Gasteiger partial charge is 1.00 e. The van der Waals surface area contributed by atoms with Crippen LogP contribution < -0.4 is 43.5 Å². The van der Waals surface area contributed by atoms with Crippen LogP contribution in [-0.2, 0) is 11.4 Å². The van der Waals surface area contributed by atoms with Crippen molar-refractivity contribution in [2.45, 2.75) is 0 Å². The maximum Gasteiger partial charge on any atom is 1.00 e. The first kappa shape index (κ1) is 16.7. The van der Waals surface area contributed by atoms with Gasteiger partial charge in [0, 0.05) is 0 Å². The maximum atomic E-state index is 8.67. The van der Waals surface area contributed by atoms with Crippen LogP contribution in [-0.4, -0.2) is 13.3 Å². The molecule has 52 valence electrons. The van der Waals surface area contributed by atoms with Crippen molar-refractivity contribution >= 4 is 11.4 Å². The predicted molar refractivity (Wildman–Crippen MR) is 13.4 cm³/mol. The summed E-state index contributed by atoms with van der Waals surface area (Å²) in [5.41, 5.74) is 0. The summed E-state index contributed by atoms with van der Waals surface area (Å²) in [6.45, 7) is 0. The first-order valence-electron chi connectivity index (χ1n) is 0.995. The molecule has 0 aliphatic carbocycles. The fourth-order valence-electron chi connectivity index (χ4n) is 0. The van der Waals surface area contributed by atoms with E-state index in [1.54, 1.807) is 0 Å². The van der Waals surface area contributed by atoms with E-state index in [0.717, 1.165) is 0 Å². The smallest absolute Gasteiger partial charge is 0.357 e. The summed E-state index contributed by atoms with van der Waals surface area (Å²) in [5, 5.41) is 0. The van der Waals surface area contributed by atoms with Crippen molar-refractivity contribution in [3.05, 3.63) is 0 Å². The molecule has 0 amide bonds. The van der Waals surface area contributed by atoms with E-state index >= 15 is 0 Å². The Hall–Kier alpha value is 1.24. The Balaban J connectivity index is -0.0000000720. The predicted octanol–water partition coefficient (Wildman–Crippen LogP) is -6.88. The summed E-state index contributed by atoms with van der Waals surface area (Å²) in [6, 6.07) is 0. The maximum absolute atomic E-state index is 8.67. The first-order valence-corrected chi connectivity index (χ1v) is 2.98. The molecule has 2 N–H and O–H groups in total. The normalized spacial score (nSPS) is 7.89. The SMILES string of the molecule is O=S(O)O.[Na+].[O-][Cl+2]([O-])[O-]. The van der Waals surface area contributed by atoms with E-state index in [9.17, 15) is 0 Å². The monoisotopic (exact) mass is 188 g/mol. The van der Waals surface area contributed by atoms with Gasteiger partial charge in [0.25, 0.3) is 11.4 Å². The van der Waals surface area contributed by atoms with Gasteiger partial charge in [-0.05, 0) is 0 Å². The minimum atomic E-state index is -2.85. The summed E-state index contributed by atoms with van der Waals surface area (Å²) in [5.74, 6) is 0. The molecule has 0 aromatic carbocycles. The van der Waals surface area contributed by atoms with Crippen LogP contribution in [0.2, 0.25) is 0 Å². The first-order chi connectivity index (χ1) is 3.46. The quantitative estimate of drug-likeness (QED) is 0.287. The van der Waals surface area contributed by atoms with Gasteiger partial charge in [-0.15, -0.1) is 0 Å². The molecule has 0 atom stereocenters. The van der Waals surface area contributed by atoms with Crippen LogP contribution in [0.5, 0.6) is 0 Å². The molecule has 0 aliphatic heterocycles. The zero-order chi connectivity index (χ0) is 7.15. The van der Waals surface area contributed by atoms with Crippen molar-refractivity contribution in [3.8, 4) is 0 Å². The van der Waals surface area contributed by atoms with Crippen molar-refractivity contribution < 1.29 is 67.6 Å². The molecule has 0 saturated heterocycles. The molecule has 0 aromatic heterocycles. The van der Waals surface area contributed by atoms with Gasteiger partial charge in [-0.2, -0.15) is 4.21 Å². The van der Waals surface area contributed by atoms with Gasteiger partial charge in [-0.1, -0.05) is 0 Å². The summed E-state index contributed by atoms with van der Waals surface area (Å²) >= 11 is -2.61. The van der Waals surface area contributed by atoms with E-state index < -0.39 is 22.1 Å². The average Bonchev–Trinajstić information content (AvgIpc) is 1.25. The Labute approximate surface area is 78.7 Å². The van der Waals surface area contributed by atoms with Gasteiger partial charge in [0.1, 0.15) is 0 Å². The molecule has 0 saturated carbocycles. The van der Waals surface area contributed by atoms with Crippen molar-refractivity contribution in [2.75, 3.05) is 0 Å². The molecular weight excluding hydrogens is 187 g/mol. The van der Waals surface area contributed by atoms with E-state index in [-0.39, 0.29) is 29.6 Å². The summed E-state index contributed by atoms with van der Waals surface area (Å²) in [6.07, 6.45) is 0. The van der Waals surface area contributed by atoms with Gasteiger partial charge in [-0.25, -0.2) is 0 Å². The van der Waals surface area contributed by atoms with Crippen LogP contribution in [0.3, 0.4) is 0 Å². The molecule has 0 bridgehead atoms. The van der Waals surface area contributed by atoms with Gasteiger partial charge >= 0.3 is 29.6 Å². The van der Waals surface area contributed by atoms with Crippen molar-refractivity contribution in [1.82, 2.24) is 0 Å². The Kier molecular flexibility index (Phi) is 22.2. The molecule has 0 fully saturated rings. The molecule has 0 aliphatic rings. The third-order valence-electron chi connectivity index (χ3n) is 0. The summed E-state index contributed by atoms with van der Waals surface area (Å²) < 4.78 is 48.1. The Morgan fingerprint density at radius 1 is 1.22 bits per heavy atom. The van der Waals surface area contributed by atoms with Crippen molar-refractivity contribution in [1.29, 1.82) is 0 Å². The molecule has 9 heteroatoms. The fraction of sp³-hybridized carbons (Fsp3) is 0. The Morgan fingerprint density at radius 2 is 1.22 bits per heavy atom. The molecule has 0 aromatic rings. The van der Waals surface area contributed by atoms with Crippen molar-refractivity contribution in [2.24, 2.45) is 0 Å². The molecule has 9 heavy (non-hydrogen) atoms. The molecule has 0 spiro atoms. The molecule has 0 unspecified atom stereocenters. The van der Waals surface area contributed by atoms with E-state index in [4.69, 9.17) is 27.3 Å². The number of hydrogen-bond acceptors (Lipinski definition) is 4. The minimum Gasteiger partial charge on any atom is -0.357 e. The zero-order valence-corrected chi connectivity index (χ0v) is 7.89. The molecule has 0 radical (unpaired) electrons. The second-order valence-electron chi connectivity index (χ2n) is 0.420. The van der Waals surface area contributed by atoms with Gasteiger partial charge < -0.3 is 14.0 Å². The van der Waals surface area contributed by atoms with Crippen LogP contribution in [0.4, 0.5) is 0 Å². The van der Waals surface area contributed by atoms with Crippen LogP contribution in [0, 0.1) is 10.8 Å². The third kappa shape index (κ3) is 315. The van der Waals surface area contributed by atoms with Gasteiger partial charge in [0.15, 0.2) is 0 Å². The molecule has 0 rings (SSSR count). The van der Waals surface area contributed by atoms with Crippen LogP contribution >= 0.6 is 0 Å². The number of hydrogen-bond donors (Lipinski definition) is 2. The second kappa shape index (κ2) is 12.0. The number of halogens is 1. The van der Waals surface area contributed by atoms with E-state index in [0.29, 0.717) is 0 Å². The standard InChI is InChI=1S/ClO3.Na.H2O3S/c2-1(3)4;;1-4(2)3/h;;(H2,1,2,3)/q-1;+1;. The van der Waals surface area contributed by atoms with E-state index in [2.05, 4.69) is 0 Å². The van der Waals surface area contributed by atoms with Gasteiger partial charge in [-0.3, -0.25) is 9.11 Å². The fourth-order valence-corrected chi connectivity index (χ4v) is 0. The van der Waals surface area contributed by atoms with Crippen LogP contribution in [0.15, 0.2) is 0 Å². The Bertz CT molecular complexity index is 57.3. The van der Waals surface area contributed by atoms with Crippen LogP contribution in [0.25, 0.3) is 0 Å². The number of rotatable bonds is 0. The molecule has 0 heterocycles. The topological polar surface area (TPSA) is 127 Å². The molecule has 6 nitrogen and oxygen atoms in total. The summed E-state index contributed by atoms with van der Waals surface area (Å²) in [4.78, 5) is 0. The van der Waals surface area contributed by atoms with Crippen LogP contribution in [0.1, 0.15) is 0 Å². The van der Waals surface area contributed by atoms with Gasteiger partial charge in [0.2, 0.25) is 0 Å². The zero-order valence-electron chi connectivity index (χ0n) is 4.31. The van der Waals surface area contributed by atoms with Crippen molar-refractivity contribution in [3.63, 3.8) is 0 Å². The summed E-state index contributed by atoms with van der Waals surface area (Å²) in [7, 11) is -2.85. The van der Waals surface area contributed by atoms with E-state index in [1.165, 1.54) is 0 Å². The second-order valence-corrected chi connectivity index (χ2v) is 1.26. The third-order valence-corrected chi connectivity index (χ3v) is 0. The minimum absolute atomic E-state index is 0. The Morgan fingerprint density at radius 3 is 1.22 bits per heavy atom.